The van der Waals surface area contributed by atoms with Crippen LogP contribution in [-0.4, -0.2) is 11.1 Å². The molecule has 0 spiro atoms. The second-order valence-electron chi connectivity index (χ2n) is 7.96. The van der Waals surface area contributed by atoms with Crippen LogP contribution in [0.4, 0.5) is 5.69 Å². The lowest BCUT2D eigenvalue weighted by atomic mass is 10.1. The van der Waals surface area contributed by atoms with Gasteiger partial charge in [-0.05, 0) is 85.1 Å². The van der Waals surface area contributed by atoms with E-state index in [-0.39, 0.29) is 5.91 Å². The lowest BCUT2D eigenvalue weighted by Gasteiger charge is -2.11. The Morgan fingerprint density at radius 3 is 2.26 bits per heavy atom. The molecule has 3 aromatic rings. The van der Waals surface area contributed by atoms with Crippen molar-refractivity contribution in [2.45, 2.75) is 27.4 Å². The molecule has 0 radical (unpaired) electrons. The van der Waals surface area contributed by atoms with E-state index in [4.69, 9.17) is 27.9 Å². The quantitative estimate of drug-likeness (QED) is 0.312. The Kier molecular flexibility index (Phi) is 7.73. The summed E-state index contributed by atoms with van der Waals surface area (Å²) in [4.78, 5) is 17.6. The molecular formula is C26H21BrCl2N2O2S. The van der Waals surface area contributed by atoms with Gasteiger partial charge in [0.25, 0.3) is 5.91 Å². The molecule has 3 aromatic carbocycles. The Morgan fingerprint density at radius 2 is 1.65 bits per heavy atom. The van der Waals surface area contributed by atoms with Crippen LogP contribution < -0.4 is 10.1 Å². The molecule has 1 saturated heterocycles. The van der Waals surface area contributed by atoms with Crippen molar-refractivity contribution in [1.29, 1.82) is 0 Å². The van der Waals surface area contributed by atoms with Crippen LogP contribution in [-0.2, 0) is 11.4 Å². The number of benzene rings is 3. The topological polar surface area (TPSA) is 50.7 Å². The number of nitrogens with zero attached hydrogens (tertiary/aromatic N) is 1. The van der Waals surface area contributed by atoms with E-state index in [2.05, 4.69) is 26.2 Å². The minimum absolute atomic E-state index is 0.221. The normalized spacial score (nSPS) is 15.8. The number of rotatable bonds is 5. The number of amidine groups is 1. The van der Waals surface area contributed by atoms with Crippen LogP contribution in [0.2, 0.25) is 10.0 Å². The van der Waals surface area contributed by atoms with Gasteiger partial charge in [-0.1, -0.05) is 69.0 Å². The van der Waals surface area contributed by atoms with Crippen LogP contribution in [0.1, 0.15) is 27.8 Å². The smallest absolute Gasteiger partial charge is 0.264 e. The summed E-state index contributed by atoms with van der Waals surface area (Å²) in [6.07, 6.45) is 1.74. The molecule has 0 aliphatic carbocycles. The molecule has 1 aliphatic heterocycles. The zero-order valence-electron chi connectivity index (χ0n) is 18.7. The summed E-state index contributed by atoms with van der Waals surface area (Å²) in [5, 5.41) is 4.09. The fourth-order valence-electron chi connectivity index (χ4n) is 3.38. The van der Waals surface area contributed by atoms with Crippen LogP contribution in [0.5, 0.6) is 5.75 Å². The van der Waals surface area contributed by atoms with Gasteiger partial charge >= 0.3 is 0 Å². The van der Waals surface area contributed by atoms with Crippen LogP contribution >= 0.6 is 50.9 Å². The highest BCUT2D eigenvalue weighted by atomic mass is 79.9. The van der Waals surface area contributed by atoms with Gasteiger partial charge in [0, 0.05) is 4.47 Å². The third-order valence-corrected chi connectivity index (χ3v) is 7.85. The molecule has 8 heteroatoms. The van der Waals surface area contributed by atoms with Gasteiger partial charge in [-0.3, -0.25) is 4.79 Å². The Hall–Kier alpha value is -2.25. The number of carbonyl (C=O) groups excluding carboxylic acids is 1. The molecule has 4 nitrogen and oxygen atoms in total. The number of thioether (sulfide) groups is 1. The fraction of sp³-hybridized carbons (Fsp3) is 0.154. The third-order valence-electron chi connectivity index (χ3n) is 5.12. The largest absolute Gasteiger partial charge is 0.486 e. The molecule has 4 rings (SSSR count). The van der Waals surface area contributed by atoms with Gasteiger partial charge in [-0.25, -0.2) is 4.99 Å². The van der Waals surface area contributed by atoms with Crippen molar-refractivity contribution in [3.8, 4) is 5.75 Å². The molecule has 1 heterocycles. The average Bonchev–Trinajstić information content (AvgIpc) is 3.11. The molecular weight excluding hydrogens is 555 g/mol. The van der Waals surface area contributed by atoms with E-state index in [0.29, 0.717) is 38.0 Å². The zero-order valence-corrected chi connectivity index (χ0v) is 22.6. The lowest BCUT2D eigenvalue weighted by molar-refractivity contribution is -0.115. The third kappa shape index (κ3) is 5.87. The number of aliphatic imine (C=N–C) groups is 1. The molecule has 0 atom stereocenters. The van der Waals surface area contributed by atoms with E-state index in [1.165, 1.54) is 17.3 Å². The molecule has 1 N–H and O–H groups in total. The Balaban J connectivity index is 1.51. The molecule has 1 amide bonds. The summed E-state index contributed by atoms with van der Waals surface area (Å²) in [7, 11) is 0. The maximum absolute atomic E-state index is 12.5. The van der Waals surface area contributed by atoms with Crippen molar-refractivity contribution in [3.05, 3.63) is 95.8 Å². The van der Waals surface area contributed by atoms with E-state index in [9.17, 15) is 4.79 Å². The number of carbonyl (C=O) groups is 1. The highest BCUT2D eigenvalue weighted by Crippen LogP contribution is 2.37. The Bertz CT molecular complexity index is 1290. The molecule has 1 fully saturated rings. The highest BCUT2D eigenvalue weighted by Gasteiger charge is 2.24. The number of ether oxygens (including phenoxy) is 1. The van der Waals surface area contributed by atoms with Gasteiger partial charge in [0.1, 0.15) is 6.61 Å². The number of amides is 1. The number of aryl methyl sites for hydroxylation is 3. The molecule has 0 unspecified atom stereocenters. The van der Waals surface area contributed by atoms with E-state index < -0.39 is 0 Å². The lowest BCUT2D eigenvalue weighted by Crippen LogP contribution is -2.19. The van der Waals surface area contributed by atoms with Crippen molar-refractivity contribution in [2.24, 2.45) is 4.99 Å². The molecule has 1 aliphatic rings. The SMILES string of the molecule is Cc1ccc(COc2c(Cl)cc(/C=C3\SC(=Nc4cc(C)c(Br)c(C)c4)NC3=O)cc2Cl)cc1. The summed E-state index contributed by atoms with van der Waals surface area (Å²) < 4.78 is 6.91. The summed E-state index contributed by atoms with van der Waals surface area (Å²) in [5.41, 5.74) is 5.85. The maximum atomic E-state index is 12.5. The van der Waals surface area contributed by atoms with Gasteiger partial charge < -0.3 is 10.1 Å². The number of halogens is 3. The van der Waals surface area contributed by atoms with Gasteiger partial charge in [0.2, 0.25) is 0 Å². The monoisotopic (exact) mass is 574 g/mol. The van der Waals surface area contributed by atoms with Gasteiger partial charge in [0.15, 0.2) is 10.9 Å². The molecule has 0 bridgehead atoms. The first-order valence-electron chi connectivity index (χ1n) is 10.4. The summed E-state index contributed by atoms with van der Waals surface area (Å²) in [6, 6.07) is 15.4. The fourth-order valence-corrected chi connectivity index (χ4v) is 5.06. The van der Waals surface area contributed by atoms with Crippen LogP contribution in [0.3, 0.4) is 0 Å². The minimum atomic E-state index is -0.221. The second-order valence-corrected chi connectivity index (χ2v) is 10.6. The summed E-state index contributed by atoms with van der Waals surface area (Å²) >= 11 is 17.7. The molecule has 174 valence electrons. The highest BCUT2D eigenvalue weighted by molar-refractivity contribution is 9.10. The zero-order chi connectivity index (χ0) is 24.4. The van der Waals surface area contributed by atoms with Gasteiger partial charge in [-0.2, -0.15) is 0 Å². The standard InChI is InChI=1S/C26H21BrCl2N2O2S/c1-14-4-6-17(7-5-14)13-33-24-20(28)10-18(11-21(24)29)12-22-25(32)31-26(34-22)30-19-8-15(2)23(27)16(3)9-19/h4-12H,13H2,1-3H3,(H,30,31,32)/b22-12-. The number of nitrogens with one attached hydrogen (secondary N) is 1. The average molecular weight is 576 g/mol. The predicted octanol–water partition coefficient (Wildman–Crippen LogP) is 8.15. The molecule has 0 aromatic heterocycles. The number of hydrogen-bond acceptors (Lipinski definition) is 4. The van der Waals surface area contributed by atoms with E-state index in [1.807, 2.05) is 57.2 Å². The van der Waals surface area contributed by atoms with Crippen molar-refractivity contribution < 1.29 is 9.53 Å². The van der Waals surface area contributed by atoms with E-state index >= 15 is 0 Å². The maximum Gasteiger partial charge on any atom is 0.264 e. The van der Waals surface area contributed by atoms with Gasteiger partial charge in [0.05, 0.1) is 20.6 Å². The summed E-state index contributed by atoms with van der Waals surface area (Å²) in [6.45, 7) is 6.40. The Morgan fingerprint density at radius 1 is 1.03 bits per heavy atom. The van der Waals surface area contributed by atoms with Crippen molar-refractivity contribution >= 4 is 73.7 Å². The first-order valence-corrected chi connectivity index (χ1v) is 12.8. The van der Waals surface area contributed by atoms with Gasteiger partial charge in [-0.15, -0.1) is 0 Å². The van der Waals surface area contributed by atoms with Crippen molar-refractivity contribution in [2.75, 3.05) is 0 Å². The first-order chi connectivity index (χ1) is 16.2. The molecule has 0 saturated carbocycles. The Labute approximate surface area is 221 Å². The van der Waals surface area contributed by atoms with Crippen molar-refractivity contribution in [1.82, 2.24) is 5.32 Å². The second kappa shape index (κ2) is 10.6. The van der Waals surface area contributed by atoms with Crippen LogP contribution in [0, 0.1) is 20.8 Å². The van der Waals surface area contributed by atoms with E-state index in [1.54, 1.807) is 18.2 Å². The number of hydrogen-bond donors (Lipinski definition) is 1. The summed E-state index contributed by atoms with van der Waals surface area (Å²) in [5.74, 6) is 0.194. The minimum Gasteiger partial charge on any atom is -0.486 e. The van der Waals surface area contributed by atoms with Crippen LogP contribution in [0.15, 0.2) is 62.9 Å². The molecule has 34 heavy (non-hydrogen) atoms. The van der Waals surface area contributed by atoms with E-state index in [0.717, 1.165) is 26.9 Å². The van der Waals surface area contributed by atoms with Crippen LogP contribution in [0.25, 0.3) is 6.08 Å². The first kappa shape index (κ1) is 24.9. The predicted molar refractivity (Wildman–Crippen MR) is 146 cm³/mol. The van der Waals surface area contributed by atoms with Crippen molar-refractivity contribution in [3.63, 3.8) is 0 Å².